The van der Waals surface area contributed by atoms with Gasteiger partial charge < -0.3 is 20.5 Å². The topological polar surface area (TPSA) is 73.0 Å². The number of carbonyl (C=O) groups excluding carboxylic acids is 1. The van der Waals surface area contributed by atoms with Crippen molar-refractivity contribution in [2.45, 2.75) is 25.8 Å². The molecule has 5 rings (SSSR count). The second kappa shape index (κ2) is 7.46. The van der Waals surface area contributed by atoms with Crippen molar-refractivity contribution >= 4 is 44.2 Å². The molecule has 3 N–H and O–H groups in total. The van der Waals surface area contributed by atoms with Crippen molar-refractivity contribution < 1.29 is 4.79 Å². The van der Waals surface area contributed by atoms with Crippen LogP contribution >= 0.6 is 15.9 Å². The van der Waals surface area contributed by atoms with Gasteiger partial charge in [-0.15, -0.1) is 0 Å². The molecule has 2 aliphatic heterocycles. The number of anilines is 2. The highest BCUT2D eigenvalue weighted by Crippen LogP contribution is 2.41. The average Bonchev–Trinajstić information content (AvgIpc) is 3.43. The van der Waals surface area contributed by atoms with E-state index in [1.165, 1.54) is 6.42 Å². The molecular weight excluding hydrogens is 430 g/mol. The summed E-state index contributed by atoms with van der Waals surface area (Å²) in [5, 5.41) is 7.67. The molecule has 0 aliphatic carbocycles. The maximum atomic E-state index is 12.9. The van der Waals surface area contributed by atoms with Gasteiger partial charge in [-0.2, -0.15) is 0 Å². The first-order chi connectivity index (χ1) is 14.1. The van der Waals surface area contributed by atoms with Gasteiger partial charge in [0.25, 0.3) is 5.91 Å². The van der Waals surface area contributed by atoms with Crippen LogP contribution in [0, 0.1) is 5.92 Å². The lowest BCUT2D eigenvalue weighted by atomic mass is 10.1. The van der Waals surface area contributed by atoms with Crippen LogP contribution in [0.4, 0.5) is 11.4 Å². The number of halogens is 1. The molecule has 2 atom stereocenters. The van der Waals surface area contributed by atoms with Crippen LogP contribution < -0.4 is 15.5 Å². The van der Waals surface area contributed by atoms with Crippen molar-refractivity contribution in [2.75, 3.05) is 29.9 Å². The van der Waals surface area contributed by atoms with E-state index in [1.807, 2.05) is 36.7 Å². The Labute approximate surface area is 178 Å². The Morgan fingerprint density at radius 1 is 1.38 bits per heavy atom. The first kappa shape index (κ1) is 18.6. The SMILES string of the molecule is CCc1cccc(C(=O)Nc2c[nH]c3ncc(Br)c(N4CC5CCNC5C4)c23)c1. The lowest BCUT2D eigenvalue weighted by Gasteiger charge is -2.22. The number of pyridine rings is 1. The minimum Gasteiger partial charge on any atom is -0.368 e. The molecular formula is C22H24BrN5O. The van der Waals surface area contributed by atoms with Gasteiger partial charge in [0.1, 0.15) is 5.65 Å². The lowest BCUT2D eigenvalue weighted by Crippen LogP contribution is -2.30. The molecule has 0 bridgehead atoms. The minimum absolute atomic E-state index is 0.105. The zero-order valence-electron chi connectivity index (χ0n) is 16.3. The summed E-state index contributed by atoms with van der Waals surface area (Å²) in [4.78, 5) is 23.1. The third kappa shape index (κ3) is 3.32. The lowest BCUT2D eigenvalue weighted by molar-refractivity contribution is 0.102. The number of rotatable bonds is 4. The maximum Gasteiger partial charge on any atom is 0.255 e. The van der Waals surface area contributed by atoms with E-state index in [0.29, 0.717) is 17.5 Å². The van der Waals surface area contributed by atoms with Crippen LogP contribution in [0.3, 0.4) is 0 Å². The van der Waals surface area contributed by atoms with Crippen molar-refractivity contribution in [3.05, 3.63) is 52.3 Å². The standard InChI is InChI=1S/C22H24BrN5O/c1-2-13-4-3-5-14(8-13)22(29)27-17-10-26-21-19(17)20(16(23)9-25-21)28-11-15-6-7-24-18(15)12-28/h3-5,8-10,15,18,24H,2,6-7,11-12H2,1H3,(H,25,26)(H,27,29). The molecule has 2 saturated heterocycles. The average molecular weight is 454 g/mol. The Kier molecular flexibility index (Phi) is 4.80. The van der Waals surface area contributed by atoms with Gasteiger partial charge in [-0.3, -0.25) is 4.79 Å². The molecule has 2 fully saturated rings. The van der Waals surface area contributed by atoms with E-state index in [0.717, 1.165) is 58.5 Å². The van der Waals surface area contributed by atoms with Crippen molar-refractivity contribution in [1.82, 2.24) is 15.3 Å². The highest BCUT2D eigenvalue weighted by Gasteiger charge is 2.37. The van der Waals surface area contributed by atoms with Crippen LogP contribution in [0.1, 0.15) is 29.3 Å². The van der Waals surface area contributed by atoms with Gasteiger partial charge in [0, 0.05) is 37.1 Å². The van der Waals surface area contributed by atoms with E-state index in [9.17, 15) is 4.79 Å². The van der Waals surface area contributed by atoms with E-state index in [1.54, 1.807) is 0 Å². The van der Waals surface area contributed by atoms with Gasteiger partial charge in [0.05, 0.1) is 21.2 Å². The van der Waals surface area contributed by atoms with Crippen molar-refractivity contribution in [3.63, 3.8) is 0 Å². The summed E-state index contributed by atoms with van der Waals surface area (Å²) in [6, 6.07) is 8.32. The smallest absolute Gasteiger partial charge is 0.255 e. The number of benzene rings is 1. The summed E-state index contributed by atoms with van der Waals surface area (Å²) < 4.78 is 0.952. The summed E-state index contributed by atoms with van der Waals surface area (Å²) in [5.74, 6) is 0.575. The number of hydrogen-bond acceptors (Lipinski definition) is 4. The fourth-order valence-corrected chi connectivity index (χ4v) is 5.17. The zero-order valence-corrected chi connectivity index (χ0v) is 17.9. The van der Waals surface area contributed by atoms with Crippen molar-refractivity contribution in [2.24, 2.45) is 5.92 Å². The van der Waals surface area contributed by atoms with Crippen molar-refractivity contribution in [3.8, 4) is 0 Å². The molecule has 0 saturated carbocycles. The van der Waals surface area contributed by atoms with Crippen LogP contribution in [0.2, 0.25) is 0 Å². The molecule has 1 aromatic carbocycles. The minimum atomic E-state index is -0.105. The summed E-state index contributed by atoms with van der Waals surface area (Å²) in [6.07, 6.45) is 5.80. The van der Waals surface area contributed by atoms with E-state index in [-0.39, 0.29) is 5.91 Å². The van der Waals surface area contributed by atoms with Crippen LogP contribution in [0.5, 0.6) is 0 Å². The molecule has 0 spiro atoms. The Morgan fingerprint density at radius 3 is 3.10 bits per heavy atom. The Bertz CT molecular complexity index is 1070. The number of aromatic amines is 1. The van der Waals surface area contributed by atoms with Crippen LogP contribution in [0.25, 0.3) is 11.0 Å². The number of fused-ring (bicyclic) bond motifs is 2. The fourth-order valence-electron chi connectivity index (χ4n) is 4.62. The zero-order chi connectivity index (χ0) is 20.0. The third-order valence-electron chi connectivity index (χ3n) is 6.15. The summed E-state index contributed by atoms with van der Waals surface area (Å²) >= 11 is 3.70. The van der Waals surface area contributed by atoms with E-state index < -0.39 is 0 Å². The molecule has 0 radical (unpaired) electrons. The summed E-state index contributed by atoms with van der Waals surface area (Å²) in [7, 11) is 0. The Morgan fingerprint density at radius 2 is 2.28 bits per heavy atom. The molecule has 2 unspecified atom stereocenters. The van der Waals surface area contributed by atoms with Gasteiger partial charge in [-0.25, -0.2) is 4.98 Å². The summed E-state index contributed by atoms with van der Waals surface area (Å²) in [5.41, 5.74) is 4.47. The second-order valence-electron chi connectivity index (χ2n) is 7.90. The maximum absolute atomic E-state index is 12.9. The predicted molar refractivity (Wildman–Crippen MR) is 120 cm³/mol. The van der Waals surface area contributed by atoms with E-state index >= 15 is 0 Å². The number of aromatic nitrogens is 2. The quantitative estimate of drug-likeness (QED) is 0.559. The predicted octanol–water partition coefficient (Wildman–Crippen LogP) is 3.94. The van der Waals surface area contributed by atoms with Crippen LogP contribution in [0.15, 0.2) is 41.1 Å². The van der Waals surface area contributed by atoms with Gasteiger partial charge >= 0.3 is 0 Å². The first-order valence-corrected chi connectivity index (χ1v) is 11.0. The van der Waals surface area contributed by atoms with E-state index in [2.05, 4.69) is 48.4 Å². The van der Waals surface area contributed by atoms with Gasteiger partial charge in [0.15, 0.2) is 0 Å². The van der Waals surface area contributed by atoms with E-state index in [4.69, 9.17) is 0 Å². The van der Waals surface area contributed by atoms with Gasteiger partial charge in [-0.05, 0) is 58.9 Å². The Balaban J connectivity index is 1.50. The molecule has 4 heterocycles. The monoisotopic (exact) mass is 453 g/mol. The molecule has 2 aliphatic rings. The summed E-state index contributed by atoms with van der Waals surface area (Å²) in [6.45, 7) is 5.19. The fraction of sp³-hybridized carbons (Fsp3) is 0.364. The second-order valence-corrected chi connectivity index (χ2v) is 8.76. The number of nitrogens with one attached hydrogen (secondary N) is 3. The van der Waals surface area contributed by atoms with Gasteiger partial charge in [0.2, 0.25) is 0 Å². The molecule has 2 aromatic heterocycles. The first-order valence-electron chi connectivity index (χ1n) is 10.2. The number of amides is 1. The molecule has 7 heteroatoms. The molecule has 1 amide bonds. The number of hydrogen-bond donors (Lipinski definition) is 3. The molecule has 3 aromatic rings. The highest BCUT2D eigenvalue weighted by molar-refractivity contribution is 9.10. The normalized spacial score (nSPS) is 21.0. The van der Waals surface area contributed by atoms with Gasteiger partial charge in [-0.1, -0.05) is 19.1 Å². The largest absolute Gasteiger partial charge is 0.368 e. The number of aryl methyl sites for hydroxylation is 1. The molecule has 150 valence electrons. The number of H-pyrrole nitrogens is 1. The molecule has 29 heavy (non-hydrogen) atoms. The van der Waals surface area contributed by atoms with Crippen LogP contribution in [-0.2, 0) is 6.42 Å². The number of carbonyl (C=O) groups is 1. The van der Waals surface area contributed by atoms with Crippen LogP contribution in [-0.4, -0.2) is 41.6 Å². The highest BCUT2D eigenvalue weighted by atomic mass is 79.9. The Hall–Kier alpha value is -2.38. The molecule has 6 nitrogen and oxygen atoms in total. The third-order valence-corrected chi connectivity index (χ3v) is 6.73. The number of nitrogens with zero attached hydrogens (tertiary/aromatic N) is 2. The van der Waals surface area contributed by atoms with Crippen molar-refractivity contribution in [1.29, 1.82) is 0 Å².